The van der Waals surface area contributed by atoms with Gasteiger partial charge in [0.1, 0.15) is 5.82 Å². The molecule has 0 fully saturated rings. The Bertz CT molecular complexity index is 963. The molecule has 0 saturated carbocycles. The number of rotatable bonds is 4. The molecule has 0 atom stereocenters. The van der Waals surface area contributed by atoms with E-state index in [9.17, 15) is 9.18 Å². The highest BCUT2D eigenvalue weighted by Gasteiger charge is 2.23. The number of nitrogens with zero attached hydrogens (tertiary/aromatic N) is 2. The highest BCUT2D eigenvalue weighted by Crippen LogP contribution is 2.29. The molecule has 132 valence electrons. The second kappa shape index (κ2) is 6.84. The van der Waals surface area contributed by atoms with Gasteiger partial charge in [0.15, 0.2) is 5.78 Å². The number of H-pyrrole nitrogens is 1. The molecule has 0 spiro atoms. The molecule has 1 N–H and O–H groups in total. The van der Waals surface area contributed by atoms with Crippen molar-refractivity contribution in [1.29, 1.82) is 0 Å². The molecule has 5 heteroatoms. The fourth-order valence-electron chi connectivity index (χ4n) is 3.51. The molecule has 1 aliphatic heterocycles. The second-order valence-corrected chi connectivity index (χ2v) is 6.76. The molecule has 3 aromatic rings. The third kappa shape index (κ3) is 3.30. The first-order valence-corrected chi connectivity index (χ1v) is 8.74. The monoisotopic (exact) mass is 349 g/mol. The van der Waals surface area contributed by atoms with Crippen molar-refractivity contribution in [2.75, 3.05) is 6.54 Å². The molecule has 2 heterocycles. The zero-order chi connectivity index (χ0) is 18.1. The number of ketones is 1. The number of Topliss-reactive ketones (excluding diaryl/α,β-unsaturated/α-hetero) is 1. The van der Waals surface area contributed by atoms with Crippen molar-refractivity contribution in [1.82, 2.24) is 15.1 Å². The number of aromatic amines is 1. The van der Waals surface area contributed by atoms with Crippen LogP contribution in [0.1, 0.15) is 34.1 Å². The van der Waals surface area contributed by atoms with Gasteiger partial charge in [-0.3, -0.25) is 14.8 Å². The number of aromatic nitrogens is 2. The maximum atomic E-state index is 13.6. The summed E-state index contributed by atoms with van der Waals surface area (Å²) < 4.78 is 13.6. The molecule has 0 aliphatic carbocycles. The predicted molar refractivity (Wildman–Crippen MR) is 98.2 cm³/mol. The van der Waals surface area contributed by atoms with Gasteiger partial charge in [-0.05, 0) is 30.7 Å². The normalized spacial score (nSPS) is 14.2. The molecule has 1 aromatic heterocycles. The fourth-order valence-corrected chi connectivity index (χ4v) is 3.51. The van der Waals surface area contributed by atoms with Gasteiger partial charge in [-0.15, -0.1) is 0 Å². The molecule has 0 saturated heterocycles. The third-order valence-electron chi connectivity index (χ3n) is 4.85. The van der Waals surface area contributed by atoms with E-state index in [0.717, 1.165) is 59.7 Å². The molecule has 0 radical (unpaired) electrons. The third-order valence-corrected chi connectivity index (χ3v) is 4.85. The van der Waals surface area contributed by atoms with Crippen molar-refractivity contribution in [3.8, 4) is 11.3 Å². The van der Waals surface area contributed by atoms with Crippen LogP contribution in [0.5, 0.6) is 0 Å². The number of nitrogens with one attached hydrogen (secondary N) is 1. The van der Waals surface area contributed by atoms with Crippen LogP contribution in [-0.2, 0) is 19.5 Å². The Morgan fingerprint density at radius 3 is 2.88 bits per heavy atom. The first kappa shape index (κ1) is 16.7. The van der Waals surface area contributed by atoms with Gasteiger partial charge in [0.25, 0.3) is 0 Å². The number of hydrogen-bond acceptors (Lipinski definition) is 3. The van der Waals surface area contributed by atoms with Crippen molar-refractivity contribution in [3.63, 3.8) is 0 Å². The Labute approximate surface area is 151 Å². The van der Waals surface area contributed by atoms with E-state index >= 15 is 0 Å². The smallest absolute Gasteiger partial charge is 0.159 e. The van der Waals surface area contributed by atoms with Crippen LogP contribution in [0.4, 0.5) is 4.39 Å². The SMILES string of the molecule is CC(=O)c1cccc(CN2CCc3[nH]nc(-c4cccc(F)c4)c3C2)c1. The summed E-state index contributed by atoms with van der Waals surface area (Å²) >= 11 is 0. The minimum absolute atomic E-state index is 0.0796. The lowest BCUT2D eigenvalue weighted by molar-refractivity contribution is 0.101. The van der Waals surface area contributed by atoms with Gasteiger partial charge in [-0.25, -0.2) is 4.39 Å². The van der Waals surface area contributed by atoms with Gasteiger partial charge in [0.2, 0.25) is 0 Å². The zero-order valence-corrected chi connectivity index (χ0v) is 14.6. The molecular weight excluding hydrogens is 329 g/mol. The number of benzene rings is 2. The predicted octanol–water partition coefficient (Wildman–Crippen LogP) is 3.98. The molecule has 4 rings (SSSR count). The fraction of sp³-hybridized carbons (Fsp3) is 0.238. The van der Waals surface area contributed by atoms with Crippen molar-refractivity contribution in [2.24, 2.45) is 0 Å². The minimum Gasteiger partial charge on any atom is -0.295 e. The van der Waals surface area contributed by atoms with E-state index in [2.05, 4.69) is 15.1 Å². The maximum absolute atomic E-state index is 13.6. The minimum atomic E-state index is -0.257. The maximum Gasteiger partial charge on any atom is 0.159 e. The average molecular weight is 349 g/mol. The van der Waals surface area contributed by atoms with Gasteiger partial charge in [0, 0.05) is 48.4 Å². The first-order chi connectivity index (χ1) is 12.6. The van der Waals surface area contributed by atoms with Gasteiger partial charge in [0.05, 0.1) is 5.69 Å². The van der Waals surface area contributed by atoms with Crippen LogP contribution in [0.15, 0.2) is 48.5 Å². The molecule has 1 aliphatic rings. The van der Waals surface area contributed by atoms with E-state index in [4.69, 9.17) is 0 Å². The summed E-state index contributed by atoms with van der Waals surface area (Å²) in [4.78, 5) is 13.9. The van der Waals surface area contributed by atoms with Crippen LogP contribution in [-0.4, -0.2) is 27.4 Å². The van der Waals surface area contributed by atoms with E-state index in [1.165, 1.54) is 12.1 Å². The van der Waals surface area contributed by atoms with Gasteiger partial charge >= 0.3 is 0 Å². The summed E-state index contributed by atoms with van der Waals surface area (Å²) in [5, 5.41) is 7.53. The average Bonchev–Trinajstić information content (AvgIpc) is 3.05. The van der Waals surface area contributed by atoms with E-state index in [-0.39, 0.29) is 11.6 Å². The second-order valence-electron chi connectivity index (χ2n) is 6.76. The lowest BCUT2D eigenvalue weighted by Gasteiger charge is -2.27. The van der Waals surface area contributed by atoms with Crippen LogP contribution in [0.25, 0.3) is 11.3 Å². The molecule has 0 amide bonds. The van der Waals surface area contributed by atoms with Gasteiger partial charge < -0.3 is 0 Å². The van der Waals surface area contributed by atoms with Crippen LogP contribution >= 0.6 is 0 Å². The topological polar surface area (TPSA) is 49.0 Å². The molecular formula is C21H20FN3O. The van der Waals surface area contributed by atoms with Gasteiger partial charge in [-0.2, -0.15) is 5.10 Å². The number of hydrogen-bond donors (Lipinski definition) is 1. The number of fused-ring (bicyclic) bond motifs is 1. The summed E-state index contributed by atoms with van der Waals surface area (Å²) in [5.74, 6) is -0.177. The summed E-state index contributed by atoms with van der Waals surface area (Å²) in [6.07, 6.45) is 0.879. The van der Waals surface area contributed by atoms with E-state index in [1.54, 1.807) is 13.0 Å². The summed E-state index contributed by atoms with van der Waals surface area (Å²) in [6, 6.07) is 14.3. The molecule has 0 unspecified atom stereocenters. The Hall–Kier alpha value is -2.79. The van der Waals surface area contributed by atoms with Crippen molar-refractivity contribution in [2.45, 2.75) is 26.4 Å². The number of halogens is 1. The standard InChI is InChI=1S/C21H20FN3O/c1-14(26)16-5-2-4-15(10-16)12-25-9-8-20-19(13-25)21(24-23-20)17-6-3-7-18(22)11-17/h2-7,10-11H,8-9,12-13H2,1H3,(H,23,24). The summed E-state index contributed by atoms with van der Waals surface area (Å²) in [5.41, 5.74) is 5.73. The molecule has 4 nitrogen and oxygen atoms in total. The van der Waals surface area contributed by atoms with Crippen molar-refractivity contribution >= 4 is 5.78 Å². The van der Waals surface area contributed by atoms with Crippen LogP contribution in [0.3, 0.4) is 0 Å². The van der Waals surface area contributed by atoms with E-state index < -0.39 is 0 Å². The van der Waals surface area contributed by atoms with Crippen molar-refractivity contribution < 1.29 is 9.18 Å². The lowest BCUT2D eigenvalue weighted by Crippen LogP contribution is -2.30. The molecule has 26 heavy (non-hydrogen) atoms. The highest BCUT2D eigenvalue weighted by molar-refractivity contribution is 5.94. The highest BCUT2D eigenvalue weighted by atomic mass is 19.1. The van der Waals surface area contributed by atoms with Crippen LogP contribution in [0.2, 0.25) is 0 Å². The summed E-state index contributed by atoms with van der Waals surface area (Å²) in [7, 11) is 0. The summed E-state index contributed by atoms with van der Waals surface area (Å²) in [6.45, 7) is 4.03. The lowest BCUT2D eigenvalue weighted by atomic mass is 10.00. The van der Waals surface area contributed by atoms with Crippen LogP contribution in [0, 0.1) is 5.82 Å². The molecule has 2 aromatic carbocycles. The Kier molecular flexibility index (Phi) is 4.39. The van der Waals surface area contributed by atoms with Gasteiger partial charge in [-0.1, -0.05) is 30.3 Å². The molecule has 0 bridgehead atoms. The first-order valence-electron chi connectivity index (χ1n) is 8.74. The Morgan fingerprint density at radius 2 is 2.08 bits per heavy atom. The number of carbonyl (C=O) groups is 1. The van der Waals surface area contributed by atoms with E-state index in [0.29, 0.717) is 0 Å². The zero-order valence-electron chi connectivity index (χ0n) is 14.6. The number of carbonyl (C=O) groups excluding carboxylic acids is 1. The quantitative estimate of drug-likeness (QED) is 0.725. The van der Waals surface area contributed by atoms with Crippen molar-refractivity contribution in [3.05, 3.63) is 76.7 Å². The van der Waals surface area contributed by atoms with E-state index in [1.807, 2.05) is 30.3 Å². The van der Waals surface area contributed by atoms with Crippen LogP contribution < -0.4 is 0 Å². The Balaban J connectivity index is 1.57. The Morgan fingerprint density at radius 1 is 1.23 bits per heavy atom. The largest absolute Gasteiger partial charge is 0.295 e.